The van der Waals surface area contributed by atoms with Gasteiger partial charge in [-0.05, 0) is 49.8 Å². The molecular weight excluding hydrogens is 361 g/mol. The minimum atomic E-state index is -3.86. The van der Waals surface area contributed by atoms with Gasteiger partial charge in [0.15, 0.2) is 0 Å². The minimum absolute atomic E-state index is 0.0376. The summed E-state index contributed by atoms with van der Waals surface area (Å²) in [5.74, 6) is -1.10. The zero-order chi connectivity index (χ0) is 18.9. The quantitative estimate of drug-likeness (QED) is 0.702. The maximum atomic E-state index is 13.4. The first-order chi connectivity index (χ1) is 12.3. The number of nitrogens with zero attached hydrogens (tertiary/aromatic N) is 2. The normalized spacial score (nSPS) is 22.7. The first-order valence-electron chi connectivity index (χ1n) is 8.46. The van der Waals surface area contributed by atoms with Gasteiger partial charge in [0.25, 0.3) is 0 Å². The fourth-order valence-electron chi connectivity index (χ4n) is 3.18. The lowest BCUT2D eigenvalue weighted by Gasteiger charge is -2.42. The Kier molecular flexibility index (Phi) is 5.27. The van der Waals surface area contributed by atoms with Gasteiger partial charge in [0.05, 0.1) is 17.0 Å². The molecule has 0 bridgehead atoms. The van der Waals surface area contributed by atoms with Crippen molar-refractivity contribution in [1.29, 1.82) is 5.26 Å². The Morgan fingerprint density at radius 1 is 1.38 bits per heavy atom. The summed E-state index contributed by atoms with van der Waals surface area (Å²) in [6.45, 7) is 0.698. The molecule has 0 amide bonds. The Bertz CT molecular complexity index is 842. The fraction of sp³-hybridized carbons (Fsp3) is 0.529. The van der Waals surface area contributed by atoms with Crippen LogP contribution in [0.2, 0.25) is 0 Å². The fourth-order valence-corrected chi connectivity index (χ4v) is 4.46. The maximum absolute atomic E-state index is 13.4. The van der Waals surface area contributed by atoms with Crippen LogP contribution in [0.15, 0.2) is 23.1 Å². The molecule has 0 aromatic heterocycles. The second-order valence-electron chi connectivity index (χ2n) is 6.96. The largest absolute Gasteiger partial charge is 0.480 e. The second kappa shape index (κ2) is 7.31. The predicted molar refractivity (Wildman–Crippen MR) is 90.2 cm³/mol. The molecule has 3 rings (SSSR count). The van der Waals surface area contributed by atoms with Gasteiger partial charge < -0.3 is 5.11 Å². The SMILES string of the molecule is N#Cc1cc(S(=O)(=O)NC2CC(N(CC(=O)O)CC3CC3)C2)ccc1F. The van der Waals surface area contributed by atoms with Crippen molar-refractivity contribution in [2.24, 2.45) is 5.92 Å². The van der Waals surface area contributed by atoms with E-state index in [0.717, 1.165) is 37.6 Å². The maximum Gasteiger partial charge on any atom is 0.317 e. The van der Waals surface area contributed by atoms with E-state index in [0.29, 0.717) is 18.8 Å². The van der Waals surface area contributed by atoms with E-state index >= 15 is 0 Å². The van der Waals surface area contributed by atoms with E-state index in [9.17, 15) is 17.6 Å². The first-order valence-corrected chi connectivity index (χ1v) is 9.94. The van der Waals surface area contributed by atoms with Gasteiger partial charge in [0, 0.05) is 18.6 Å². The number of carboxylic acids is 1. The monoisotopic (exact) mass is 381 g/mol. The van der Waals surface area contributed by atoms with Gasteiger partial charge in [-0.25, -0.2) is 17.5 Å². The third-order valence-electron chi connectivity index (χ3n) is 4.85. The summed E-state index contributed by atoms with van der Waals surface area (Å²) in [5.41, 5.74) is -0.323. The zero-order valence-corrected chi connectivity index (χ0v) is 14.9. The third-order valence-corrected chi connectivity index (χ3v) is 6.37. The molecule has 2 saturated carbocycles. The summed E-state index contributed by atoms with van der Waals surface area (Å²) in [5, 5.41) is 17.9. The molecule has 1 aromatic carbocycles. The van der Waals surface area contributed by atoms with E-state index in [1.54, 1.807) is 6.07 Å². The lowest BCUT2D eigenvalue weighted by atomic mass is 9.86. The molecule has 0 heterocycles. The number of hydrogen-bond acceptors (Lipinski definition) is 5. The lowest BCUT2D eigenvalue weighted by Crippen LogP contribution is -2.55. The van der Waals surface area contributed by atoms with Crippen molar-refractivity contribution < 1.29 is 22.7 Å². The van der Waals surface area contributed by atoms with E-state index in [-0.39, 0.29) is 29.1 Å². The van der Waals surface area contributed by atoms with Crippen LogP contribution >= 0.6 is 0 Å². The molecule has 1 aromatic rings. The molecule has 0 unspecified atom stereocenters. The molecule has 9 heteroatoms. The molecule has 0 saturated heterocycles. The summed E-state index contributed by atoms with van der Waals surface area (Å²) in [4.78, 5) is 12.8. The van der Waals surface area contributed by atoms with E-state index in [4.69, 9.17) is 10.4 Å². The molecule has 2 N–H and O–H groups in total. The number of nitriles is 1. The summed E-state index contributed by atoms with van der Waals surface area (Å²) in [6, 6.07) is 4.47. The van der Waals surface area contributed by atoms with Crippen molar-refractivity contribution in [2.45, 2.75) is 42.7 Å². The van der Waals surface area contributed by atoms with Crippen molar-refractivity contribution in [2.75, 3.05) is 13.1 Å². The Labute approximate surface area is 151 Å². The van der Waals surface area contributed by atoms with Gasteiger partial charge >= 0.3 is 5.97 Å². The number of rotatable bonds is 8. The third kappa shape index (κ3) is 4.38. The number of benzene rings is 1. The zero-order valence-electron chi connectivity index (χ0n) is 14.1. The Hall–Kier alpha value is -2.02. The van der Waals surface area contributed by atoms with Crippen molar-refractivity contribution in [3.8, 4) is 6.07 Å². The van der Waals surface area contributed by atoms with Crippen LogP contribution < -0.4 is 4.72 Å². The van der Waals surface area contributed by atoms with Crippen LogP contribution in [0.25, 0.3) is 0 Å². The molecule has 2 fully saturated rings. The van der Waals surface area contributed by atoms with Crippen LogP contribution in [0.5, 0.6) is 0 Å². The van der Waals surface area contributed by atoms with Crippen LogP contribution in [0.3, 0.4) is 0 Å². The van der Waals surface area contributed by atoms with E-state index in [1.165, 1.54) is 0 Å². The predicted octanol–water partition coefficient (Wildman–Crippen LogP) is 1.30. The molecule has 7 nitrogen and oxygen atoms in total. The second-order valence-corrected chi connectivity index (χ2v) is 8.68. The molecule has 140 valence electrons. The summed E-state index contributed by atoms with van der Waals surface area (Å²) in [7, 11) is -3.86. The summed E-state index contributed by atoms with van der Waals surface area (Å²) in [6.07, 6.45) is 3.30. The lowest BCUT2D eigenvalue weighted by molar-refractivity contribution is -0.139. The number of hydrogen-bond donors (Lipinski definition) is 2. The van der Waals surface area contributed by atoms with E-state index in [1.807, 2.05) is 4.90 Å². The smallest absolute Gasteiger partial charge is 0.317 e. The van der Waals surface area contributed by atoms with Gasteiger partial charge in [-0.2, -0.15) is 5.26 Å². The van der Waals surface area contributed by atoms with Crippen molar-refractivity contribution in [3.05, 3.63) is 29.6 Å². The molecule has 0 radical (unpaired) electrons. The topological polar surface area (TPSA) is 110 Å². The standard InChI is InChI=1S/C17H20FN3O4S/c18-16-4-3-15(5-12(16)8-19)26(24,25)20-13-6-14(7-13)21(10-17(22)23)9-11-1-2-11/h3-5,11,13-14,20H,1-2,6-7,9-10H2,(H,22,23). The van der Waals surface area contributed by atoms with E-state index in [2.05, 4.69) is 4.72 Å². The number of nitrogens with one attached hydrogen (secondary N) is 1. The number of aliphatic carboxylic acids is 1. The van der Waals surface area contributed by atoms with Crippen LogP contribution in [0.4, 0.5) is 4.39 Å². The van der Waals surface area contributed by atoms with E-state index < -0.39 is 21.8 Å². The van der Waals surface area contributed by atoms with Gasteiger partial charge in [-0.3, -0.25) is 9.69 Å². The molecule has 0 spiro atoms. The highest BCUT2D eigenvalue weighted by molar-refractivity contribution is 7.89. The molecule has 0 aliphatic heterocycles. The Balaban J connectivity index is 1.60. The molecule has 26 heavy (non-hydrogen) atoms. The van der Waals surface area contributed by atoms with Crippen molar-refractivity contribution in [1.82, 2.24) is 9.62 Å². The highest BCUT2D eigenvalue weighted by Crippen LogP contribution is 2.34. The van der Waals surface area contributed by atoms with Gasteiger partial charge in [-0.15, -0.1) is 0 Å². The summed E-state index contributed by atoms with van der Waals surface area (Å²) >= 11 is 0. The number of carboxylic acid groups (broad SMARTS) is 1. The van der Waals surface area contributed by atoms with Crippen LogP contribution in [-0.4, -0.2) is 49.6 Å². The average Bonchev–Trinajstić information content (AvgIpc) is 3.33. The highest BCUT2D eigenvalue weighted by atomic mass is 32.2. The minimum Gasteiger partial charge on any atom is -0.480 e. The first kappa shape index (κ1) is 18.8. The van der Waals surface area contributed by atoms with Gasteiger partial charge in [0.2, 0.25) is 10.0 Å². The number of sulfonamides is 1. The van der Waals surface area contributed by atoms with Crippen molar-refractivity contribution >= 4 is 16.0 Å². The number of halogens is 1. The van der Waals surface area contributed by atoms with Crippen LogP contribution in [0.1, 0.15) is 31.2 Å². The number of carbonyl (C=O) groups is 1. The summed E-state index contributed by atoms with van der Waals surface area (Å²) < 4.78 is 40.7. The molecule has 0 atom stereocenters. The van der Waals surface area contributed by atoms with Gasteiger partial charge in [-0.1, -0.05) is 0 Å². The van der Waals surface area contributed by atoms with Gasteiger partial charge in [0.1, 0.15) is 11.9 Å². The van der Waals surface area contributed by atoms with Crippen LogP contribution in [0, 0.1) is 23.1 Å². The highest BCUT2D eigenvalue weighted by Gasteiger charge is 2.38. The molecular formula is C17H20FN3O4S. The van der Waals surface area contributed by atoms with Crippen molar-refractivity contribution in [3.63, 3.8) is 0 Å². The molecule has 2 aliphatic carbocycles. The Morgan fingerprint density at radius 2 is 2.08 bits per heavy atom. The average molecular weight is 381 g/mol. The molecule has 2 aliphatic rings. The van der Waals surface area contributed by atoms with Crippen LogP contribution in [-0.2, 0) is 14.8 Å². The Morgan fingerprint density at radius 3 is 2.65 bits per heavy atom.